The minimum absolute atomic E-state index is 0.0205. The molecule has 170 valence electrons. The van der Waals surface area contributed by atoms with Crippen molar-refractivity contribution in [3.05, 3.63) is 99.6 Å². The van der Waals surface area contributed by atoms with Crippen LogP contribution in [0.5, 0.6) is 0 Å². The number of nitrogens with zero attached hydrogens (tertiary/aromatic N) is 1. The van der Waals surface area contributed by atoms with E-state index in [2.05, 4.69) is 41.9 Å². The molecule has 4 rings (SSSR count). The van der Waals surface area contributed by atoms with E-state index in [4.69, 9.17) is 0 Å². The highest BCUT2D eigenvalue weighted by atomic mass is 16.6. The molecule has 0 aromatic heterocycles. The van der Waals surface area contributed by atoms with Crippen LogP contribution in [-0.4, -0.2) is 22.8 Å². The molecule has 1 unspecified atom stereocenters. The molecule has 7 nitrogen and oxygen atoms in total. The number of nitro benzene ring substituents is 1. The van der Waals surface area contributed by atoms with Gasteiger partial charge in [-0.2, -0.15) is 0 Å². The fourth-order valence-corrected chi connectivity index (χ4v) is 3.89. The molecule has 0 aliphatic carbocycles. The summed E-state index contributed by atoms with van der Waals surface area (Å²) >= 11 is 0. The molecule has 0 saturated carbocycles. The number of aliphatic hydroxyl groups excluding tert-OH is 1. The van der Waals surface area contributed by atoms with Crippen molar-refractivity contribution in [2.24, 2.45) is 5.92 Å². The topological polar surface area (TPSA) is 99.5 Å². The van der Waals surface area contributed by atoms with Gasteiger partial charge in [0.05, 0.1) is 10.6 Å². The first-order valence-electron chi connectivity index (χ1n) is 11.0. The second-order valence-corrected chi connectivity index (χ2v) is 8.54. The van der Waals surface area contributed by atoms with Crippen molar-refractivity contribution < 1.29 is 10.0 Å². The Hall–Kier alpha value is -3.68. The van der Waals surface area contributed by atoms with E-state index in [1.807, 2.05) is 42.5 Å². The van der Waals surface area contributed by atoms with E-state index in [1.165, 1.54) is 17.7 Å². The van der Waals surface area contributed by atoms with Gasteiger partial charge < -0.3 is 21.1 Å². The van der Waals surface area contributed by atoms with Crippen molar-refractivity contribution in [1.82, 2.24) is 5.32 Å². The van der Waals surface area contributed by atoms with Crippen LogP contribution in [0.25, 0.3) is 11.3 Å². The highest BCUT2D eigenvalue weighted by Gasteiger charge is 2.30. The summed E-state index contributed by atoms with van der Waals surface area (Å²) in [5, 5.41) is 32.1. The Kier molecular flexibility index (Phi) is 6.72. The SMILES string of the molecule is CC(C)CNCc1ccc(N/C(=C2/c3cc([N+](=O)[O-])ccc3NC2O)c2ccccc2)cc1. The van der Waals surface area contributed by atoms with Crippen LogP contribution in [0.15, 0.2) is 72.8 Å². The summed E-state index contributed by atoms with van der Waals surface area (Å²) in [6.45, 7) is 6.11. The highest BCUT2D eigenvalue weighted by Crippen LogP contribution is 2.41. The van der Waals surface area contributed by atoms with Crippen LogP contribution in [0.3, 0.4) is 0 Å². The largest absolute Gasteiger partial charge is 0.369 e. The molecule has 0 saturated heterocycles. The minimum atomic E-state index is -0.996. The molecule has 0 radical (unpaired) electrons. The number of aliphatic hydroxyl groups is 1. The van der Waals surface area contributed by atoms with Crippen LogP contribution in [-0.2, 0) is 6.54 Å². The Morgan fingerprint density at radius 2 is 1.82 bits per heavy atom. The number of nitro groups is 1. The number of nitrogens with one attached hydrogen (secondary N) is 3. The average Bonchev–Trinajstić information content (AvgIpc) is 3.13. The van der Waals surface area contributed by atoms with Gasteiger partial charge in [-0.15, -0.1) is 0 Å². The zero-order valence-electron chi connectivity index (χ0n) is 18.7. The third-order valence-corrected chi connectivity index (χ3v) is 5.51. The van der Waals surface area contributed by atoms with Crippen molar-refractivity contribution in [2.45, 2.75) is 26.6 Å². The van der Waals surface area contributed by atoms with Gasteiger partial charge >= 0.3 is 0 Å². The number of non-ortho nitro benzene ring substituents is 1. The molecule has 1 aliphatic heterocycles. The summed E-state index contributed by atoms with van der Waals surface area (Å²) in [5.74, 6) is 0.594. The lowest BCUT2D eigenvalue weighted by molar-refractivity contribution is -0.384. The molecule has 1 aliphatic rings. The Morgan fingerprint density at radius 1 is 1.09 bits per heavy atom. The molecule has 33 heavy (non-hydrogen) atoms. The standard InChI is InChI=1S/C26H28N4O3/c1-17(2)15-27-16-18-8-10-20(11-9-18)28-25(19-6-4-3-5-7-19)24-22-14-21(30(32)33)12-13-23(22)29-26(24)31/h3-14,17,26-29,31H,15-16H2,1-2H3/b25-24-. The first-order valence-corrected chi connectivity index (χ1v) is 11.0. The Bertz CT molecular complexity index is 1160. The minimum Gasteiger partial charge on any atom is -0.369 e. The lowest BCUT2D eigenvalue weighted by atomic mass is 9.99. The normalized spacial score (nSPS) is 16.3. The Morgan fingerprint density at radius 3 is 2.48 bits per heavy atom. The zero-order valence-corrected chi connectivity index (χ0v) is 18.7. The van der Waals surface area contributed by atoms with Gasteiger partial charge in [0.25, 0.3) is 5.69 Å². The van der Waals surface area contributed by atoms with Gasteiger partial charge in [-0.25, -0.2) is 0 Å². The Balaban J connectivity index is 1.70. The molecule has 0 amide bonds. The number of hydrogen-bond acceptors (Lipinski definition) is 6. The molecular formula is C26H28N4O3. The van der Waals surface area contributed by atoms with E-state index in [0.29, 0.717) is 28.4 Å². The molecule has 3 aromatic carbocycles. The van der Waals surface area contributed by atoms with Crippen molar-refractivity contribution in [1.29, 1.82) is 0 Å². The van der Waals surface area contributed by atoms with Gasteiger partial charge in [0, 0.05) is 41.2 Å². The fourth-order valence-electron chi connectivity index (χ4n) is 3.89. The van der Waals surface area contributed by atoms with Crippen molar-refractivity contribution in [2.75, 3.05) is 17.2 Å². The number of benzene rings is 3. The van der Waals surface area contributed by atoms with Crippen LogP contribution < -0.4 is 16.0 Å². The van der Waals surface area contributed by atoms with Crippen LogP contribution in [0, 0.1) is 16.0 Å². The second-order valence-electron chi connectivity index (χ2n) is 8.54. The van der Waals surface area contributed by atoms with Gasteiger partial charge in [-0.1, -0.05) is 56.3 Å². The van der Waals surface area contributed by atoms with Crippen LogP contribution >= 0.6 is 0 Å². The first-order chi connectivity index (χ1) is 15.9. The van der Waals surface area contributed by atoms with Crippen molar-refractivity contribution in [3.63, 3.8) is 0 Å². The van der Waals surface area contributed by atoms with E-state index in [-0.39, 0.29) is 5.69 Å². The maximum Gasteiger partial charge on any atom is 0.270 e. The summed E-state index contributed by atoms with van der Waals surface area (Å²) in [6.07, 6.45) is -0.996. The molecule has 7 heteroatoms. The summed E-state index contributed by atoms with van der Waals surface area (Å²) in [4.78, 5) is 10.9. The quantitative estimate of drug-likeness (QED) is 0.286. The van der Waals surface area contributed by atoms with E-state index < -0.39 is 11.2 Å². The molecule has 0 bridgehead atoms. The molecule has 0 spiro atoms. The number of rotatable bonds is 8. The van der Waals surface area contributed by atoms with Crippen LogP contribution in [0.1, 0.15) is 30.5 Å². The summed E-state index contributed by atoms with van der Waals surface area (Å²) < 4.78 is 0. The van der Waals surface area contributed by atoms with E-state index in [0.717, 1.165) is 24.3 Å². The van der Waals surface area contributed by atoms with Crippen LogP contribution in [0.2, 0.25) is 0 Å². The molecule has 3 aromatic rings. The van der Waals surface area contributed by atoms with Gasteiger partial charge in [-0.05, 0) is 41.8 Å². The molecule has 1 atom stereocenters. The Labute approximate surface area is 193 Å². The number of hydrogen-bond donors (Lipinski definition) is 4. The fraction of sp³-hybridized carbons (Fsp3) is 0.231. The third kappa shape index (κ3) is 5.22. The predicted octanol–water partition coefficient (Wildman–Crippen LogP) is 5.06. The van der Waals surface area contributed by atoms with Crippen molar-refractivity contribution >= 4 is 28.3 Å². The summed E-state index contributed by atoms with van der Waals surface area (Å²) in [7, 11) is 0. The molecule has 4 N–H and O–H groups in total. The first kappa shape index (κ1) is 22.5. The van der Waals surface area contributed by atoms with E-state index >= 15 is 0 Å². The van der Waals surface area contributed by atoms with Crippen LogP contribution in [0.4, 0.5) is 17.1 Å². The predicted molar refractivity (Wildman–Crippen MR) is 133 cm³/mol. The maximum absolute atomic E-state index is 11.3. The lowest BCUT2D eigenvalue weighted by Gasteiger charge is -2.18. The summed E-state index contributed by atoms with van der Waals surface area (Å²) in [5.41, 5.74) is 5.42. The highest BCUT2D eigenvalue weighted by molar-refractivity contribution is 6.03. The van der Waals surface area contributed by atoms with Gasteiger partial charge in [0.15, 0.2) is 6.23 Å². The van der Waals surface area contributed by atoms with Gasteiger partial charge in [0.1, 0.15) is 0 Å². The molecule has 1 heterocycles. The molecular weight excluding hydrogens is 416 g/mol. The smallest absolute Gasteiger partial charge is 0.270 e. The third-order valence-electron chi connectivity index (χ3n) is 5.51. The maximum atomic E-state index is 11.3. The van der Waals surface area contributed by atoms with E-state index in [1.54, 1.807) is 6.07 Å². The number of fused-ring (bicyclic) bond motifs is 1. The lowest BCUT2D eigenvalue weighted by Crippen LogP contribution is -2.18. The number of anilines is 2. The monoisotopic (exact) mass is 444 g/mol. The average molecular weight is 445 g/mol. The zero-order chi connectivity index (χ0) is 23.4. The second kappa shape index (κ2) is 9.85. The van der Waals surface area contributed by atoms with Gasteiger partial charge in [0.2, 0.25) is 0 Å². The summed E-state index contributed by atoms with van der Waals surface area (Å²) in [6, 6.07) is 22.3. The van der Waals surface area contributed by atoms with Crippen molar-refractivity contribution in [3.8, 4) is 0 Å². The van der Waals surface area contributed by atoms with E-state index in [9.17, 15) is 15.2 Å². The van der Waals surface area contributed by atoms with Gasteiger partial charge in [-0.3, -0.25) is 10.1 Å². The molecule has 0 fully saturated rings.